The minimum absolute atomic E-state index is 0.0124. The summed E-state index contributed by atoms with van der Waals surface area (Å²) < 4.78 is 5.29. The lowest BCUT2D eigenvalue weighted by molar-refractivity contribution is -0.120. The molecular weight excluding hydrogens is 280 g/mol. The molecule has 0 unspecified atom stereocenters. The van der Waals surface area contributed by atoms with Crippen LogP contribution >= 0.6 is 0 Å². The molecule has 0 aromatic carbocycles. The van der Waals surface area contributed by atoms with Crippen LogP contribution in [0.25, 0.3) is 0 Å². The predicted molar refractivity (Wildman–Crippen MR) is 90.1 cm³/mol. The number of ether oxygens (including phenoxy) is 1. The molecule has 128 valence electrons. The fraction of sp³-hybridized carbons (Fsp3) is 0.875. The monoisotopic (exact) mass is 312 g/mol. The molecule has 1 aliphatic carbocycles. The molecule has 0 saturated heterocycles. The Balaban J connectivity index is 2.25. The van der Waals surface area contributed by atoms with Crippen LogP contribution in [0.3, 0.4) is 0 Å². The molecule has 1 saturated carbocycles. The van der Waals surface area contributed by atoms with Gasteiger partial charge in [-0.05, 0) is 33.1 Å². The molecule has 0 bridgehead atoms. The van der Waals surface area contributed by atoms with Crippen LogP contribution in [0, 0.1) is 0 Å². The topological polar surface area (TPSA) is 74.8 Å². The van der Waals surface area contributed by atoms with Gasteiger partial charge in [-0.3, -0.25) is 4.79 Å². The van der Waals surface area contributed by atoms with E-state index in [1.807, 2.05) is 13.8 Å². The molecule has 6 heteroatoms. The van der Waals surface area contributed by atoms with Crippen LogP contribution in [-0.4, -0.2) is 50.8 Å². The Hall–Kier alpha value is -1.30. The van der Waals surface area contributed by atoms with Gasteiger partial charge in [0.25, 0.3) is 0 Å². The number of rotatable bonds is 9. The largest absolute Gasteiger partial charge is 0.382 e. The average molecular weight is 312 g/mol. The Morgan fingerprint density at radius 2 is 1.95 bits per heavy atom. The molecule has 0 spiro atoms. The normalized spacial score (nSPS) is 16.4. The van der Waals surface area contributed by atoms with E-state index in [0.717, 1.165) is 45.6 Å². The molecule has 22 heavy (non-hydrogen) atoms. The first-order valence-corrected chi connectivity index (χ1v) is 8.65. The first-order chi connectivity index (χ1) is 10.8. The van der Waals surface area contributed by atoms with E-state index in [9.17, 15) is 4.79 Å². The highest BCUT2D eigenvalue weighted by Gasteiger charge is 2.15. The summed E-state index contributed by atoms with van der Waals surface area (Å²) in [7, 11) is 0. The van der Waals surface area contributed by atoms with Crippen molar-refractivity contribution >= 4 is 11.9 Å². The maximum absolute atomic E-state index is 11.9. The SMILES string of the molecule is CCNC(=NCC(=O)NC1CCCCC1)NCCCOCC. The lowest BCUT2D eigenvalue weighted by atomic mass is 9.95. The maximum atomic E-state index is 11.9. The van der Waals surface area contributed by atoms with Gasteiger partial charge in [0.2, 0.25) is 5.91 Å². The molecule has 0 radical (unpaired) electrons. The third-order valence-electron chi connectivity index (χ3n) is 3.66. The summed E-state index contributed by atoms with van der Waals surface area (Å²) in [5.41, 5.74) is 0. The molecule has 1 fully saturated rings. The van der Waals surface area contributed by atoms with Gasteiger partial charge < -0.3 is 20.7 Å². The molecule has 0 aliphatic heterocycles. The molecule has 1 rings (SSSR count). The number of carbonyl (C=O) groups excluding carboxylic acids is 1. The Bertz CT molecular complexity index is 328. The Morgan fingerprint density at radius 1 is 1.18 bits per heavy atom. The smallest absolute Gasteiger partial charge is 0.242 e. The second-order valence-electron chi connectivity index (χ2n) is 5.57. The van der Waals surface area contributed by atoms with Gasteiger partial charge in [0.15, 0.2) is 5.96 Å². The molecule has 0 aromatic heterocycles. The summed E-state index contributed by atoms with van der Waals surface area (Å²) in [5.74, 6) is 0.705. The highest BCUT2D eigenvalue weighted by atomic mass is 16.5. The van der Waals surface area contributed by atoms with Crippen LogP contribution in [0.5, 0.6) is 0 Å². The van der Waals surface area contributed by atoms with Crippen LogP contribution in [0.2, 0.25) is 0 Å². The number of amides is 1. The summed E-state index contributed by atoms with van der Waals surface area (Å²) in [6, 6.07) is 0.346. The quantitative estimate of drug-likeness (QED) is 0.342. The molecule has 0 atom stereocenters. The second kappa shape index (κ2) is 12.3. The van der Waals surface area contributed by atoms with E-state index in [4.69, 9.17) is 4.74 Å². The van der Waals surface area contributed by atoms with Crippen molar-refractivity contribution in [3.8, 4) is 0 Å². The lowest BCUT2D eigenvalue weighted by Crippen LogP contribution is -2.41. The van der Waals surface area contributed by atoms with E-state index in [-0.39, 0.29) is 12.5 Å². The van der Waals surface area contributed by atoms with E-state index < -0.39 is 0 Å². The van der Waals surface area contributed by atoms with Crippen molar-refractivity contribution in [3.05, 3.63) is 0 Å². The first-order valence-electron chi connectivity index (χ1n) is 8.65. The number of nitrogens with zero attached hydrogens (tertiary/aromatic N) is 1. The summed E-state index contributed by atoms with van der Waals surface area (Å²) in [6.45, 7) is 7.23. The van der Waals surface area contributed by atoms with Crippen LogP contribution in [0.1, 0.15) is 52.4 Å². The zero-order valence-corrected chi connectivity index (χ0v) is 14.1. The maximum Gasteiger partial charge on any atom is 0.242 e. The van der Waals surface area contributed by atoms with Crippen LogP contribution in [0.15, 0.2) is 4.99 Å². The number of carbonyl (C=O) groups is 1. The number of guanidine groups is 1. The van der Waals surface area contributed by atoms with Crippen molar-refractivity contribution in [2.75, 3.05) is 32.8 Å². The van der Waals surface area contributed by atoms with Crippen molar-refractivity contribution in [2.24, 2.45) is 4.99 Å². The number of nitrogens with one attached hydrogen (secondary N) is 3. The first kappa shape index (κ1) is 18.7. The standard InChI is InChI=1S/C16H32N4O2/c1-3-17-16(18-11-8-12-22-4-2)19-13-15(21)20-14-9-6-5-7-10-14/h14H,3-13H2,1-2H3,(H,20,21)(H2,17,18,19). The van der Waals surface area contributed by atoms with E-state index >= 15 is 0 Å². The van der Waals surface area contributed by atoms with Crippen molar-refractivity contribution in [3.63, 3.8) is 0 Å². The predicted octanol–water partition coefficient (Wildman–Crippen LogP) is 1.42. The minimum atomic E-state index is 0.0124. The van der Waals surface area contributed by atoms with E-state index in [1.54, 1.807) is 0 Å². The third-order valence-corrected chi connectivity index (χ3v) is 3.66. The minimum Gasteiger partial charge on any atom is -0.382 e. The Labute approximate surface area is 134 Å². The van der Waals surface area contributed by atoms with E-state index in [0.29, 0.717) is 12.0 Å². The molecule has 0 aromatic rings. The zero-order valence-electron chi connectivity index (χ0n) is 14.1. The molecule has 3 N–H and O–H groups in total. The fourth-order valence-electron chi connectivity index (χ4n) is 2.54. The van der Waals surface area contributed by atoms with Crippen LogP contribution in [-0.2, 0) is 9.53 Å². The fourth-order valence-corrected chi connectivity index (χ4v) is 2.54. The number of aliphatic imine (C=N–C) groups is 1. The molecule has 0 heterocycles. The van der Waals surface area contributed by atoms with Crippen molar-refractivity contribution < 1.29 is 9.53 Å². The molecular formula is C16H32N4O2. The van der Waals surface area contributed by atoms with Gasteiger partial charge in [-0.15, -0.1) is 0 Å². The molecule has 1 amide bonds. The summed E-state index contributed by atoms with van der Waals surface area (Å²) in [5, 5.41) is 9.45. The number of hydrogen-bond acceptors (Lipinski definition) is 3. The van der Waals surface area contributed by atoms with Gasteiger partial charge in [-0.2, -0.15) is 0 Å². The van der Waals surface area contributed by atoms with E-state index in [1.165, 1.54) is 19.3 Å². The van der Waals surface area contributed by atoms with Gasteiger partial charge in [0, 0.05) is 32.3 Å². The highest BCUT2D eigenvalue weighted by Crippen LogP contribution is 2.17. The highest BCUT2D eigenvalue weighted by molar-refractivity contribution is 5.84. The van der Waals surface area contributed by atoms with Crippen molar-refractivity contribution in [2.45, 2.75) is 58.4 Å². The van der Waals surface area contributed by atoms with Crippen LogP contribution < -0.4 is 16.0 Å². The Morgan fingerprint density at radius 3 is 2.64 bits per heavy atom. The van der Waals surface area contributed by atoms with Gasteiger partial charge in [0.1, 0.15) is 6.54 Å². The van der Waals surface area contributed by atoms with Gasteiger partial charge in [0.05, 0.1) is 0 Å². The number of hydrogen-bond donors (Lipinski definition) is 3. The average Bonchev–Trinajstić information content (AvgIpc) is 2.53. The van der Waals surface area contributed by atoms with Gasteiger partial charge in [-0.25, -0.2) is 4.99 Å². The summed E-state index contributed by atoms with van der Waals surface area (Å²) >= 11 is 0. The second-order valence-corrected chi connectivity index (χ2v) is 5.57. The van der Waals surface area contributed by atoms with Crippen LogP contribution in [0.4, 0.5) is 0 Å². The summed E-state index contributed by atoms with van der Waals surface area (Å²) in [6.07, 6.45) is 6.86. The van der Waals surface area contributed by atoms with Crippen molar-refractivity contribution in [1.82, 2.24) is 16.0 Å². The summed E-state index contributed by atoms with van der Waals surface area (Å²) in [4.78, 5) is 16.3. The van der Waals surface area contributed by atoms with Gasteiger partial charge >= 0.3 is 0 Å². The van der Waals surface area contributed by atoms with Gasteiger partial charge in [-0.1, -0.05) is 19.3 Å². The lowest BCUT2D eigenvalue weighted by Gasteiger charge is -2.22. The van der Waals surface area contributed by atoms with E-state index in [2.05, 4.69) is 20.9 Å². The molecule has 1 aliphatic rings. The molecule has 6 nitrogen and oxygen atoms in total. The zero-order chi connectivity index (χ0) is 16.0. The Kier molecular flexibility index (Phi) is 10.5. The third kappa shape index (κ3) is 8.87. The van der Waals surface area contributed by atoms with Crippen molar-refractivity contribution in [1.29, 1.82) is 0 Å².